The molecule has 1 fully saturated rings. The number of nitro benzene ring substituents is 1. The molecule has 2 rings (SSSR count). The van der Waals surface area contributed by atoms with E-state index in [1.54, 1.807) is 25.7 Å². The minimum atomic E-state index is -0.956. The van der Waals surface area contributed by atoms with Crippen LogP contribution in [0.3, 0.4) is 0 Å². The van der Waals surface area contributed by atoms with Gasteiger partial charge in [-0.25, -0.2) is 4.79 Å². The van der Waals surface area contributed by atoms with Crippen LogP contribution in [0.5, 0.6) is 5.75 Å². The molecule has 0 saturated carbocycles. The number of nitro groups is 1. The van der Waals surface area contributed by atoms with Crippen molar-refractivity contribution in [2.24, 2.45) is 0 Å². The number of hydrogen-bond acceptors (Lipinski definition) is 6. The lowest BCUT2D eigenvalue weighted by Crippen LogP contribution is -2.40. The second kappa shape index (κ2) is 7.12. The molecule has 1 N–H and O–H groups in total. The Balaban J connectivity index is 2.15. The van der Waals surface area contributed by atoms with Gasteiger partial charge in [-0.05, 0) is 27.2 Å². The van der Waals surface area contributed by atoms with Crippen molar-refractivity contribution in [1.29, 1.82) is 0 Å². The molecule has 8 nitrogen and oxygen atoms in total. The van der Waals surface area contributed by atoms with Crippen molar-refractivity contribution in [2.45, 2.75) is 38.8 Å². The Morgan fingerprint density at radius 1 is 1.44 bits per heavy atom. The number of halogens is 1. The van der Waals surface area contributed by atoms with Crippen LogP contribution in [-0.2, 0) is 4.74 Å². The van der Waals surface area contributed by atoms with Gasteiger partial charge in [0, 0.05) is 25.2 Å². The number of amides is 1. The number of alkyl carbamates (subject to hydrolysis) is 1. The summed E-state index contributed by atoms with van der Waals surface area (Å²) in [4.78, 5) is 24.0. The maximum atomic E-state index is 14.1. The van der Waals surface area contributed by atoms with Crippen molar-refractivity contribution < 1.29 is 23.6 Å². The standard InChI is InChI=1S/C16H22FN3O5/c1-16(2,3)25-15(21)18-10-5-6-19(9-10)13-8-11(24-4)7-12(17)14(13)20(22)23/h7-8,10H,5-6,9H2,1-4H3,(H,18,21)/t10-/m1/s1. The van der Waals surface area contributed by atoms with Gasteiger partial charge in [0.25, 0.3) is 0 Å². The first-order valence-corrected chi connectivity index (χ1v) is 7.87. The average Bonchev–Trinajstić information content (AvgIpc) is 2.91. The zero-order valence-corrected chi connectivity index (χ0v) is 14.7. The fourth-order valence-electron chi connectivity index (χ4n) is 2.67. The quantitative estimate of drug-likeness (QED) is 0.659. The summed E-state index contributed by atoms with van der Waals surface area (Å²) in [6.45, 7) is 6.03. The normalized spacial score (nSPS) is 17.3. The first-order valence-electron chi connectivity index (χ1n) is 7.87. The third-order valence-electron chi connectivity index (χ3n) is 3.68. The second-order valence-electron chi connectivity index (χ2n) is 6.81. The van der Waals surface area contributed by atoms with Crippen LogP contribution in [0.15, 0.2) is 12.1 Å². The summed E-state index contributed by atoms with van der Waals surface area (Å²) in [5.41, 5.74) is -1.08. The largest absolute Gasteiger partial charge is 0.497 e. The maximum absolute atomic E-state index is 14.1. The summed E-state index contributed by atoms with van der Waals surface area (Å²) >= 11 is 0. The van der Waals surface area contributed by atoms with Gasteiger partial charge in [0.15, 0.2) is 0 Å². The van der Waals surface area contributed by atoms with Gasteiger partial charge in [-0.2, -0.15) is 4.39 Å². The molecule has 0 radical (unpaired) electrons. The van der Waals surface area contributed by atoms with Crippen LogP contribution in [0.25, 0.3) is 0 Å². The fraction of sp³-hybridized carbons (Fsp3) is 0.562. The van der Waals surface area contributed by atoms with Crippen molar-refractivity contribution in [3.63, 3.8) is 0 Å². The predicted octanol–water partition coefficient (Wildman–Crippen LogP) is 2.85. The van der Waals surface area contributed by atoms with Gasteiger partial charge in [-0.3, -0.25) is 10.1 Å². The van der Waals surface area contributed by atoms with E-state index >= 15 is 0 Å². The number of ether oxygens (including phenoxy) is 2. The van der Waals surface area contributed by atoms with Crippen LogP contribution >= 0.6 is 0 Å². The van der Waals surface area contributed by atoms with E-state index in [9.17, 15) is 19.3 Å². The number of nitrogens with zero attached hydrogens (tertiary/aromatic N) is 2. The van der Waals surface area contributed by atoms with Gasteiger partial charge in [-0.1, -0.05) is 0 Å². The summed E-state index contributed by atoms with van der Waals surface area (Å²) in [5, 5.41) is 14.0. The molecule has 1 atom stereocenters. The SMILES string of the molecule is COc1cc(F)c([N+](=O)[O-])c(N2CC[C@@H](NC(=O)OC(C)(C)C)C2)c1. The number of carbonyl (C=O) groups excluding carboxylic acids is 1. The zero-order chi connectivity index (χ0) is 18.8. The summed E-state index contributed by atoms with van der Waals surface area (Å²) in [6, 6.07) is 2.16. The molecule has 1 aromatic rings. The molecule has 1 aliphatic rings. The molecule has 25 heavy (non-hydrogen) atoms. The Kier molecular flexibility index (Phi) is 5.34. The fourth-order valence-corrected chi connectivity index (χ4v) is 2.67. The molecule has 1 saturated heterocycles. The van der Waals surface area contributed by atoms with Gasteiger partial charge < -0.3 is 19.7 Å². The molecule has 138 valence electrons. The molecular weight excluding hydrogens is 333 g/mol. The molecule has 9 heteroatoms. The van der Waals surface area contributed by atoms with E-state index in [-0.39, 0.29) is 17.5 Å². The third-order valence-corrected chi connectivity index (χ3v) is 3.68. The minimum absolute atomic E-state index is 0.135. The van der Waals surface area contributed by atoms with Crippen molar-refractivity contribution in [1.82, 2.24) is 5.32 Å². The molecule has 0 bridgehead atoms. The molecule has 0 spiro atoms. The predicted molar refractivity (Wildman–Crippen MR) is 89.6 cm³/mol. The van der Waals surface area contributed by atoms with E-state index in [1.165, 1.54) is 13.2 Å². The molecule has 0 aliphatic carbocycles. The Morgan fingerprint density at radius 2 is 2.12 bits per heavy atom. The lowest BCUT2D eigenvalue weighted by molar-refractivity contribution is -0.386. The van der Waals surface area contributed by atoms with Gasteiger partial charge >= 0.3 is 11.8 Å². The Hall–Kier alpha value is -2.58. The van der Waals surface area contributed by atoms with E-state index in [2.05, 4.69) is 5.32 Å². The van der Waals surface area contributed by atoms with Crippen LogP contribution in [0, 0.1) is 15.9 Å². The third kappa shape index (κ3) is 4.71. The molecular formula is C16H22FN3O5. The Labute approximate surface area is 145 Å². The highest BCUT2D eigenvalue weighted by molar-refractivity contribution is 5.70. The van der Waals surface area contributed by atoms with Crippen LogP contribution in [0.4, 0.5) is 20.6 Å². The minimum Gasteiger partial charge on any atom is -0.497 e. The number of rotatable bonds is 4. The first kappa shape index (κ1) is 18.8. The Morgan fingerprint density at radius 3 is 2.68 bits per heavy atom. The van der Waals surface area contributed by atoms with Gasteiger partial charge in [0.1, 0.15) is 17.0 Å². The van der Waals surface area contributed by atoms with Gasteiger partial charge in [0.2, 0.25) is 5.82 Å². The summed E-state index contributed by atoms with van der Waals surface area (Å²) in [6.07, 6.45) is 0.0144. The first-order chi connectivity index (χ1) is 11.6. The van der Waals surface area contributed by atoms with Crippen LogP contribution in [0.2, 0.25) is 0 Å². The van der Waals surface area contributed by atoms with Gasteiger partial charge in [-0.15, -0.1) is 0 Å². The molecule has 1 heterocycles. The number of nitrogens with one attached hydrogen (secondary N) is 1. The van der Waals surface area contributed by atoms with Crippen LogP contribution in [-0.4, -0.2) is 42.9 Å². The maximum Gasteiger partial charge on any atom is 0.407 e. The van der Waals surface area contributed by atoms with Crippen LogP contribution < -0.4 is 15.0 Å². The van der Waals surface area contributed by atoms with E-state index in [0.29, 0.717) is 19.5 Å². The lowest BCUT2D eigenvalue weighted by atomic mass is 10.2. The van der Waals surface area contributed by atoms with E-state index < -0.39 is 28.1 Å². The van der Waals surface area contributed by atoms with E-state index in [4.69, 9.17) is 9.47 Å². The summed E-state index contributed by atoms with van der Waals surface area (Å²) in [7, 11) is 1.36. The monoisotopic (exact) mass is 355 g/mol. The topological polar surface area (TPSA) is 93.9 Å². The number of anilines is 1. The van der Waals surface area contributed by atoms with E-state index in [1.807, 2.05) is 0 Å². The molecule has 1 aromatic carbocycles. The average molecular weight is 355 g/mol. The highest BCUT2D eigenvalue weighted by Gasteiger charge is 2.32. The van der Waals surface area contributed by atoms with Crippen molar-refractivity contribution in [3.05, 3.63) is 28.1 Å². The lowest BCUT2D eigenvalue weighted by Gasteiger charge is -2.22. The zero-order valence-electron chi connectivity index (χ0n) is 14.7. The number of hydrogen-bond donors (Lipinski definition) is 1. The number of benzene rings is 1. The smallest absolute Gasteiger partial charge is 0.407 e. The number of carbonyl (C=O) groups is 1. The summed E-state index contributed by atoms with van der Waals surface area (Å²) in [5.74, 6) is -0.760. The molecule has 1 aliphatic heterocycles. The Bertz CT molecular complexity index is 674. The van der Waals surface area contributed by atoms with Crippen molar-refractivity contribution in [2.75, 3.05) is 25.1 Å². The number of methoxy groups -OCH3 is 1. The van der Waals surface area contributed by atoms with Crippen LogP contribution in [0.1, 0.15) is 27.2 Å². The molecule has 1 amide bonds. The highest BCUT2D eigenvalue weighted by Crippen LogP contribution is 2.36. The highest BCUT2D eigenvalue weighted by atomic mass is 19.1. The second-order valence-corrected chi connectivity index (χ2v) is 6.81. The molecule has 0 aromatic heterocycles. The molecule has 0 unspecified atom stereocenters. The van der Waals surface area contributed by atoms with Crippen molar-refractivity contribution in [3.8, 4) is 5.75 Å². The summed E-state index contributed by atoms with van der Waals surface area (Å²) < 4.78 is 24.3. The van der Waals surface area contributed by atoms with E-state index in [0.717, 1.165) is 6.07 Å². The van der Waals surface area contributed by atoms with Crippen molar-refractivity contribution >= 4 is 17.5 Å². The van der Waals surface area contributed by atoms with Gasteiger partial charge in [0.05, 0.1) is 18.1 Å².